The van der Waals surface area contributed by atoms with E-state index in [1.807, 2.05) is 90.7 Å². The van der Waals surface area contributed by atoms with Crippen LogP contribution in [-0.4, -0.2) is 40.6 Å². The maximum atomic E-state index is 13.2. The van der Waals surface area contributed by atoms with Crippen molar-refractivity contribution in [2.75, 3.05) is 31.2 Å². The van der Waals surface area contributed by atoms with Crippen molar-refractivity contribution in [2.45, 2.75) is 6.42 Å². The number of ether oxygens (including phenoxy) is 1. The van der Waals surface area contributed by atoms with Crippen LogP contribution in [-0.2, 0) is 13.5 Å². The van der Waals surface area contributed by atoms with Crippen LogP contribution in [0.2, 0.25) is 0 Å². The van der Waals surface area contributed by atoms with Gasteiger partial charge in [-0.3, -0.25) is 9.78 Å². The molecule has 0 unspecified atom stereocenters. The lowest BCUT2D eigenvalue weighted by molar-refractivity contribution is 0.101. The molecule has 6 aromatic rings. The molecule has 6 rings (SSSR count). The zero-order chi connectivity index (χ0) is 29.8. The molecule has 43 heavy (non-hydrogen) atoms. The van der Waals surface area contributed by atoms with Crippen molar-refractivity contribution in [1.29, 1.82) is 0 Å². The van der Waals surface area contributed by atoms with E-state index in [9.17, 15) is 4.79 Å². The number of para-hydroxylation sites is 1. The summed E-state index contributed by atoms with van der Waals surface area (Å²) >= 11 is 1.63. The van der Waals surface area contributed by atoms with E-state index >= 15 is 0 Å². The molecule has 1 amide bonds. The van der Waals surface area contributed by atoms with E-state index in [1.54, 1.807) is 18.4 Å². The molecule has 0 bridgehead atoms. The molecule has 4 heterocycles. The Kier molecular flexibility index (Phi) is 8.17. The third kappa shape index (κ3) is 5.86. The molecule has 0 aliphatic rings. The maximum absolute atomic E-state index is 13.2. The van der Waals surface area contributed by atoms with Gasteiger partial charge < -0.3 is 25.7 Å². The van der Waals surface area contributed by atoms with Crippen LogP contribution < -0.4 is 21.1 Å². The Labute approximate surface area is 253 Å². The molecule has 4 aromatic heterocycles. The number of nitrogens with zero attached hydrogens (tertiary/aromatic N) is 3. The van der Waals surface area contributed by atoms with E-state index in [-0.39, 0.29) is 5.91 Å². The minimum Gasteiger partial charge on any atom is -0.495 e. The number of amides is 1. The lowest BCUT2D eigenvalue weighted by Gasteiger charge is -2.13. The summed E-state index contributed by atoms with van der Waals surface area (Å²) in [6, 6.07) is 21.5. The summed E-state index contributed by atoms with van der Waals surface area (Å²) in [5.74, 6) is 0.828. The summed E-state index contributed by atoms with van der Waals surface area (Å²) in [6.45, 7) is 1.58. The fourth-order valence-electron chi connectivity index (χ4n) is 5.21. The van der Waals surface area contributed by atoms with Gasteiger partial charge in [-0.25, -0.2) is 4.98 Å². The molecule has 0 radical (unpaired) electrons. The first-order valence-corrected chi connectivity index (χ1v) is 14.9. The predicted octanol–water partition coefficient (Wildman–Crippen LogP) is 6.54. The van der Waals surface area contributed by atoms with Crippen molar-refractivity contribution >= 4 is 55.8 Å². The third-order valence-electron chi connectivity index (χ3n) is 7.44. The number of rotatable bonds is 10. The standard InChI is InChI=1S/C34H32N6O2S/c1-40-28-11-4-3-8-23(28)18-29(40)34(41)39-27-13-12-22(19-30(27)42-2)26-21-43-32-24(20-38-33(35)31(26)32)9-7-15-36-17-14-25-10-5-6-16-37-25/h3-13,16,18-21,36H,14-15,17H2,1-2H3,(H2,35,38)(H,39,41)/b9-7+. The molecule has 0 aliphatic carbocycles. The number of nitrogens with one attached hydrogen (secondary N) is 2. The lowest BCUT2D eigenvalue weighted by Crippen LogP contribution is -2.17. The van der Waals surface area contributed by atoms with Crippen LogP contribution in [0.15, 0.2) is 90.6 Å². The van der Waals surface area contributed by atoms with Gasteiger partial charge in [0, 0.05) is 76.8 Å². The summed E-state index contributed by atoms with van der Waals surface area (Å²) in [5.41, 5.74) is 12.5. The van der Waals surface area contributed by atoms with Gasteiger partial charge in [-0.05, 0) is 47.3 Å². The summed E-state index contributed by atoms with van der Waals surface area (Å²) in [5, 5.41) is 10.5. The number of hydrogen-bond acceptors (Lipinski definition) is 7. The van der Waals surface area contributed by atoms with Crippen LogP contribution in [0.1, 0.15) is 21.7 Å². The Hall–Kier alpha value is -4.99. The smallest absolute Gasteiger partial charge is 0.272 e. The third-order valence-corrected chi connectivity index (χ3v) is 8.47. The summed E-state index contributed by atoms with van der Waals surface area (Å²) in [4.78, 5) is 22.1. The quantitative estimate of drug-likeness (QED) is 0.157. The van der Waals surface area contributed by atoms with Gasteiger partial charge in [0.15, 0.2) is 0 Å². The van der Waals surface area contributed by atoms with E-state index < -0.39 is 0 Å². The van der Waals surface area contributed by atoms with Crippen LogP contribution in [0.25, 0.3) is 38.2 Å². The van der Waals surface area contributed by atoms with Crippen molar-refractivity contribution in [1.82, 2.24) is 19.9 Å². The van der Waals surface area contributed by atoms with E-state index in [1.165, 1.54) is 0 Å². The van der Waals surface area contributed by atoms with E-state index in [0.717, 1.165) is 62.9 Å². The molecule has 0 spiro atoms. The number of nitrogen functional groups attached to an aromatic ring is 1. The highest BCUT2D eigenvalue weighted by Crippen LogP contribution is 2.41. The van der Waals surface area contributed by atoms with Crippen LogP contribution in [0, 0.1) is 0 Å². The average Bonchev–Trinajstić information content (AvgIpc) is 3.63. The maximum Gasteiger partial charge on any atom is 0.272 e. The number of anilines is 2. The van der Waals surface area contributed by atoms with Crippen LogP contribution in [0.4, 0.5) is 11.5 Å². The summed E-state index contributed by atoms with van der Waals surface area (Å²) in [7, 11) is 3.49. The van der Waals surface area contributed by atoms with Gasteiger partial charge in [-0.15, -0.1) is 11.3 Å². The van der Waals surface area contributed by atoms with Gasteiger partial charge in [-0.2, -0.15) is 0 Å². The summed E-state index contributed by atoms with van der Waals surface area (Å²) < 4.78 is 8.66. The molecule has 9 heteroatoms. The molecule has 8 nitrogen and oxygen atoms in total. The molecule has 216 valence electrons. The first-order chi connectivity index (χ1) is 21.0. The van der Waals surface area contributed by atoms with Crippen LogP contribution in [0.5, 0.6) is 5.75 Å². The number of aromatic nitrogens is 3. The van der Waals surface area contributed by atoms with Gasteiger partial charge in [0.25, 0.3) is 5.91 Å². The predicted molar refractivity (Wildman–Crippen MR) is 177 cm³/mol. The second kappa shape index (κ2) is 12.5. The number of methoxy groups -OCH3 is 1. The Morgan fingerprint density at radius 1 is 1.09 bits per heavy atom. The zero-order valence-corrected chi connectivity index (χ0v) is 24.8. The molecule has 0 atom stereocenters. The largest absolute Gasteiger partial charge is 0.495 e. The summed E-state index contributed by atoms with van der Waals surface area (Å²) in [6.07, 6.45) is 8.69. The highest BCUT2D eigenvalue weighted by atomic mass is 32.1. The SMILES string of the molecule is COc1cc(-c2csc3c(/C=C/CNCCc4ccccn4)cnc(N)c23)ccc1NC(=O)c1cc2ccccc2n1C. The van der Waals surface area contributed by atoms with Gasteiger partial charge >= 0.3 is 0 Å². The molecule has 0 saturated carbocycles. The number of fused-ring (bicyclic) bond motifs is 2. The molecule has 0 aliphatic heterocycles. The first-order valence-electron chi connectivity index (χ1n) is 14.0. The van der Waals surface area contributed by atoms with Gasteiger partial charge in [0.2, 0.25) is 0 Å². The Morgan fingerprint density at radius 3 is 2.77 bits per heavy atom. The van der Waals surface area contributed by atoms with Crippen molar-refractivity contribution in [3.8, 4) is 16.9 Å². The Balaban J connectivity index is 1.19. The minimum absolute atomic E-state index is 0.207. The fourth-order valence-corrected chi connectivity index (χ4v) is 6.29. The number of carbonyl (C=O) groups is 1. The van der Waals surface area contributed by atoms with E-state index in [0.29, 0.717) is 22.9 Å². The zero-order valence-electron chi connectivity index (χ0n) is 24.0. The van der Waals surface area contributed by atoms with Gasteiger partial charge in [0.05, 0.1) is 12.8 Å². The van der Waals surface area contributed by atoms with Crippen LogP contribution >= 0.6 is 11.3 Å². The number of benzene rings is 2. The molecule has 4 N–H and O–H groups in total. The second-order valence-corrected chi connectivity index (χ2v) is 11.0. The molecule has 2 aromatic carbocycles. The molecule has 0 saturated heterocycles. The number of hydrogen-bond donors (Lipinski definition) is 3. The van der Waals surface area contributed by atoms with Crippen molar-refractivity contribution in [3.05, 3.63) is 108 Å². The number of thiophene rings is 1. The Morgan fingerprint density at radius 2 is 1.95 bits per heavy atom. The first kappa shape index (κ1) is 28.1. The van der Waals surface area contributed by atoms with E-state index in [4.69, 9.17) is 10.5 Å². The van der Waals surface area contributed by atoms with E-state index in [2.05, 4.69) is 38.1 Å². The van der Waals surface area contributed by atoms with Crippen molar-refractivity contribution in [3.63, 3.8) is 0 Å². The highest BCUT2D eigenvalue weighted by molar-refractivity contribution is 7.18. The lowest BCUT2D eigenvalue weighted by atomic mass is 10.0. The monoisotopic (exact) mass is 588 g/mol. The number of nitrogens with two attached hydrogens (primary N) is 1. The van der Waals surface area contributed by atoms with Crippen molar-refractivity contribution in [2.24, 2.45) is 7.05 Å². The topological polar surface area (TPSA) is 107 Å². The number of pyridine rings is 2. The fraction of sp³-hybridized carbons (Fsp3) is 0.147. The Bertz CT molecular complexity index is 1940. The molecule has 0 fully saturated rings. The number of aryl methyl sites for hydroxylation is 1. The van der Waals surface area contributed by atoms with Gasteiger partial charge in [0.1, 0.15) is 17.3 Å². The molecular weight excluding hydrogens is 556 g/mol. The normalized spacial score (nSPS) is 11.5. The minimum atomic E-state index is -0.207. The number of carbonyl (C=O) groups excluding carboxylic acids is 1. The highest BCUT2D eigenvalue weighted by Gasteiger charge is 2.18. The van der Waals surface area contributed by atoms with Crippen LogP contribution in [0.3, 0.4) is 0 Å². The second-order valence-electron chi connectivity index (χ2n) is 10.1. The molecular formula is C34H32N6O2S. The van der Waals surface area contributed by atoms with Gasteiger partial charge in [-0.1, -0.05) is 42.5 Å². The average molecular weight is 589 g/mol. The van der Waals surface area contributed by atoms with Crippen molar-refractivity contribution < 1.29 is 9.53 Å².